The van der Waals surface area contributed by atoms with Crippen LogP contribution in [0.15, 0.2) is 54.7 Å². The van der Waals surface area contributed by atoms with Gasteiger partial charge < -0.3 is 29.6 Å². The van der Waals surface area contributed by atoms with Crippen LogP contribution in [-0.2, 0) is 19.8 Å². The highest BCUT2D eigenvalue weighted by molar-refractivity contribution is 6.11. The van der Waals surface area contributed by atoms with E-state index >= 15 is 0 Å². The van der Waals surface area contributed by atoms with Crippen LogP contribution in [-0.4, -0.2) is 108 Å². The number of carbonyl (C=O) groups excluding carboxylic acids is 1. The van der Waals surface area contributed by atoms with Gasteiger partial charge in [0.25, 0.3) is 0 Å². The van der Waals surface area contributed by atoms with E-state index in [1.807, 2.05) is 31.4 Å². The van der Waals surface area contributed by atoms with Gasteiger partial charge in [-0.25, -0.2) is 14.6 Å². The quantitative estimate of drug-likeness (QED) is 0.244. The Balaban J connectivity index is 0.000000307. The van der Waals surface area contributed by atoms with E-state index in [0.29, 0.717) is 0 Å². The third-order valence-electron chi connectivity index (χ3n) is 9.02. The monoisotopic (exact) mass is 722 g/mol. The number of hydrogen-bond acceptors (Lipinski definition) is 8. The number of ether oxygens (including phenoxy) is 1. The molecule has 1 saturated carbocycles. The molecule has 1 aliphatic carbocycles. The smallest absolute Gasteiger partial charge is 0.490 e. The number of pyridine rings is 1. The first-order valence-electron chi connectivity index (χ1n) is 15.3. The maximum absolute atomic E-state index is 13.4. The van der Waals surface area contributed by atoms with E-state index in [9.17, 15) is 31.1 Å². The summed E-state index contributed by atoms with van der Waals surface area (Å²) in [7, 11) is 5.69. The van der Waals surface area contributed by atoms with E-state index in [0.717, 1.165) is 83.1 Å². The van der Waals surface area contributed by atoms with Gasteiger partial charge in [-0.3, -0.25) is 9.89 Å². The Morgan fingerprint density at radius 1 is 0.922 bits per heavy atom. The number of carboxylic acids is 2. The fourth-order valence-electron chi connectivity index (χ4n) is 6.24. The van der Waals surface area contributed by atoms with Gasteiger partial charge in [0, 0.05) is 62.0 Å². The number of benzene rings is 2. The summed E-state index contributed by atoms with van der Waals surface area (Å²) in [5.74, 6) is -3.41. The number of anilines is 2. The maximum Gasteiger partial charge on any atom is 0.490 e. The molecule has 7 rings (SSSR count). The minimum Gasteiger partial charge on any atom is -0.497 e. The lowest BCUT2D eigenvalue weighted by Gasteiger charge is -2.33. The Morgan fingerprint density at radius 3 is 2.10 bits per heavy atom. The highest BCUT2D eigenvalue weighted by atomic mass is 19.4. The van der Waals surface area contributed by atoms with Crippen LogP contribution >= 0.6 is 0 Å². The Hall–Kier alpha value is -5.39. The first-order valence-corrected chi connectivity index (χ1v) is 15.3. The largest absolute Gasteiger partial charge is 0.497 e. The SMILES string of the molecule is COc1ccc2c(c1)C1(CC1c1ccc3c(-c4ccc(N5CCN(C)CC5)nc4)n[nH]c3c1)C(=O)N2C.O=C(O)C(F)(F)F.O=C(O)C(F)(F)F. The number of nitrogens with zero attached hydrogens (tertiary/aromatic N) is 5. The third-order valence-corrected chi connectivity index (χ3v) is 9.02. The van der Waals surface area contributed by atoms with E-state index in [-0.39, 0.29) is 11.8 Å². The Kier molecular flexibility index (Phi) is 9.93. The molecular weight excluding hydrogens is 690 g/mol. The number of aliphatic carboxylic acids is 2. The van der Waals surface area contributed by atoms with Gasteiger partial charge >= 0.3 is 24.3 Å². The molecular formula is C33H32F6N6O6. The maximum atomic E-state index is 13.4. The molecule has 2 fully saturated rings. The average Bonchev–Trinajstić information content (AvgIpc) is 3.65. The van der Waals surface area contributed by atoms with Crippen molar-refractivity contribution in [2.24, 2.45) is 0 Å². The van der Waals surface area contributed by atoms with Crippen LogP contribution in [0.3, 0.4) is 0 Å². The number of nitrogens with one attached hydrogen (secondary N) is 1. The number of carboxylic acid groups (broad SMARTS) is 2. The molecule has 18 heteroatoms. The first-order chi connectivity index (χ1) is 23.9. The molecule has 12 nitrogen and oxygen atoms in total. The number of fused-ring (bicyclic) bond motifs is 3. The van der Waals surface area contributed by atoms with E-state index in [2.05, 4.69) is 57.4 Å². The first kappa shape index (κ1) is 36.9. The summed E-state index contributed by atoms with van der Waals surface area (Å²) in [5, 5.41) is 23.2. The molecule has 1 spiro atoms. The number of aromatic amines is 1. The number of amides is 1. The summed E-state index contributed by atoms with van der Waals surface area (Å²) in [6, 6.07) is 16.6. The van der Waals surface area contributed by atoms with Crippen molar-refractivity contribution in [1.82, 2.24) is 20.1 Å². The van der Waals surface area contributed by atoms with E-state index in [1.54, 1.807) is 12.0 Å². The summed E-state index contributed by atoms with van der Waals surface area (Å²) in [6.45, 7) is 4.10. The van der Waals surface area contributed by atoms with Gasteiger partial charge in [-0.1, -0.05) is 12.1 Å². The van der Waals surface area contributed by atoms with Crippen molar-refractivity contribution in [3.8, 4) is 17.0 Å². The summed E-state index contributed by atoms with van der Waals surface area (Å²) < 4.78 is 68.9. The second-order valence-corrected chi connectivity index (χ2v) is 12.2. The summed E-state index contributed by atoms with van der Waals surface area (Å²) in [4.78, 5) is 42.4. The second kappa shape index (κ2) is 13.7. The summed E-state index contributed by atoms with van der Waals surface area (Å²) in [6.07, 6.45) is -7.44. The van der Waals surface area contributed by atoms with Gasteiger partial charge in [0.1, 0.15) is 17.3 Å². The number of likely N-dealkylation sites (N-methyl/N-ethyl adjacent to an activating group) is 2. The van der Waals surface area contributed by atoms with Gasteiger partial charge in [0.2, 0.25) is 5.91 Å². The van der Waals surface area contributed by atoms with Gasteiger partial charge in [-0.15, -0.1) is 0 Å². The van der Waals surface area contributed by atoms with Crippen LogP contribution in [0.1, 0.15) is 23.5 Å². The van der Waals surface area contributed by atoms with Crippen LogP contribution in [0.5, 0.6) is 5.75 Å². The topological polar surface area (TPSA) is 152 Å². The lowest BCUT2D eigenvalue weighted by Crippen LogP contribution is -2.44. The number of piperazine rings is 1. The number of rotatable bonds is 4. The van der Waals surface area contributed by atoms with Gasteiger partial charge in [0.05, 0.1) is 18.0 Å². The van der Waals surface area contributed by atoms with Crippen molar-refractivity contribution >= 4 is 40.3 Å². The molecule has 1 amide bonds. The van der Waals surface area contributed by atoms with Crippen molar-refractivity contribution < 1.29 is 55.7 Å². The molecule has 3 aliphatic rings. The Labute approximate surface area is 286 Å². The molecule has 0 bridgehead atoms. The number of methoxy groups -OCH3 is 1. The van der Waals surface area contributed by atoms with E-state index in [1.165, 1.54) is 0 Å². The number of alkyl halides is 6. The fourth-order valence-corrected chi connectivity index (χ4v) is 6.24. The molecule has 2 aromatic heterocycles. The molecule has 272 valence electrons. The molecule has 0 radical (unpaired) electrons. The molecule has 4 heterocycles. The zero-order valence-electron chi connectivity index (χ0n) is 27.3. The van der Waals surface area contributed by atoms with Crippen molar-refractivity contribution in [3.05, 3.63) is 65.9 Å². The highest BCUT2D eigenvalue weighted by Gasteiger charge is 2.66. The third kappa shape index (κ3) is 7.40. The number of hydrogen-bond donors (Lipinski definition) is 3. The normalized spacial score (nSPS) is 19.9. The highest BCUT2D eigenvalue weighted by Crippen LogP contribution is 2.66. The zero-order chi connectivity index (χ0) is 37.5. The fraction of sp³-hybridized carbons (Fsp3) is 0.364. The number of carbonyl (C=O) groups is 3. The number of H-pyrrole nitrogens is 1. The van der Waals surface area contributed by atoms with Crippen molar-refractivity contribution in [2.45, 2.75) is 30.1 Å². The standard InChI is InChI=1S/C29H30N6O2.2C2HF3O2/c1-33-10-12-35(13-11-33)26-9-5-19(17-30-26)27-21-7-4-18(14-24(21)31-32-27)23-16-29(23)22-15-20(37-3)6-8-25(22)34(2)28(29)36;2*3-2(4,5)1(6)7/h4-9,14-15,17,23H,10-13,16H2,1-3H3,(H,31,32);2*(H,6,7). The van der Waals surface area contributed by atoms with E-state index < -0.39 is 29.7 Å². The Bertz CT molecular complexity index is 1920. The van der Waals surface area contributed by atoms with Crippen LogP contribution in [0.4, 0.5) is 37.8 Å². The average molecular weight is 723 g/mol. The molecule has 2 atom stereocenters. The lowest BCUT2D eigenvalue weighted by atomic mass is 9.91. The van der Waals surface area contributed by atoms with Gasteiger partial charge in [-0.2, -0.15) is 31.4 Å². The van der Waals surface area contributed by atoms with Gasteiger partial charge in [0.15, 0.2) is 0 Å². The van der Waals surface area contributed by atoms with Crippen molar-refractivity contribution in [3.63, 3.8) is 0 Å². The van der Waals surface area contributed by atoms with Crippen molar-refractivity contribution in [1.29, 1.82) is 0 Å². The molecule has 2 aliphatic heterocycles. The lowest BCUT2D eigenvalue weighted by molar-refractivity contribution is -0.193. The molecule has 2 aromatic carbocycles. The van der Waals surface area contributed by atoms with Crippen molar-refractivity contribution in [2.75, 3.05) is 57.2 Å². The predicted molar refractivity (Wildman–Crippen MR) is 172 cm³/mol. The molecule has 2 unspecified atom stereocenters. The Morgan fingerprint density at radius 2 is 1.55 bits per heavy atom. The molecule has 4 aromatic rings. The number of halogens is 6. The predicted octanol–water partition coefficient (Wildman–Crippen LogP) is 5.05. The van der Waals surface area contributed by atoms with Crippen LogP contribution in [0, 0.1) is 0 Å². The second-order valence-electron chi connectivity index (χ2n) is 12.2. The van der Waals surface area contributed by atoms with E-state index in [4.69, 9.17) is 29.5 Å². The van der Waals surface area contributed by atoms with Gasteiger partial charge in [-0.05, 0) is 61.0 Å². The molecule has 51 heavy (non-hydrogen) atoms. The molecule has 3 N–H and O–H groups in total. The minimum absolute atomic E-state index is 0.136. The summed E-state index contributed by atoms with van der Waals surface area (Å²) >= 11 is 0. The minimum atomic E-state index is -5.08. The zero-order valence-corrected chi connectivity index (χ0v) is 27.3. The number of aromatic nitrogens is 3. The van der Waals surface area contributed by atoms with Crippen LogP contribution in [0.25, 0.3) is 22.2 Å². The van der Waals surface area contributed by atoms with Crippen LogP contribution in [0.2, 0.25) is 0 Å². The van der Waals surface area contributed by atoms with Crippen LogP contribution < -0.4 is 14.5 Å². The summed E-state index contributed by atoms with van der Waals surface area (Å²) in [5.41, 5.74) is 5.57. The molecule has 1 saturated heterocycles.